The van der Waals surface area contributed by atoms with Crippen molar-refractivity contribution in [3.8, 4) is 34.6 Å². The van der Waals surface area contributed by atoms with Crippen LogP contribution in [0.25, 0.3) is 86.3 Å². The van der Waals surface area contributed by atoms with Crippen molar-refractivity contribution < 1.29 is 0 Å². The van der Waals surface area contributed by atoms with Gasteiger partial charge < -0.3 is 9.13 Å². The van der Waals surface area contributed by atoms with Crippen LogP contribution in [0, 0.1) is 22.7 Å². The van der Waals surface area contributed by atoms with Crippen LogP contribution in [-0.2, 0) is 0 Å². The zero-order valence-corrected chi connectivity index (χ0v) is 26.9. The lowest BCUT2D eigenvalue weighted by molar-refractivity contribution is 1.18. The maximum absolute atomic E-state index is 10.1. The summed E-state index contributed by atoms with van der Waals surface area (Å²) in [6.07, 6.45) is 0. The third-order valence-electron chi connectivity index (χ3n) is 9.77. The highest BCUT2D eigenvalue weighted by Gasteiger charge is 2.21. The van der Waals surface area contributed by atoms with Crippen LogP contribution in [0.2, 0.25) is 0 Å². The molecule has 3 heterocycles. The van der Waals surface area contributed by atoms with E-state index in [1.807, 2.05) is 47.7 Å². The van der Waals surface area contributed by atoms with Crippen LogP contribution in [0.5, 0.6) is 0 Å². The van der Waals surface area contributed by atoms with E-state index in [0.29, 0.717) is 11.1 Å². The molecule has 4 nitrogen and oxygen atoms in total. The zero-order valence-electron chi connectivity index (χ0n) is 26.1. The second-order valence-corrected chi connectivity index (χ2v) is 13.4. The summed E-state index contributed by atoms with van der Waals surface area (Å²) in [5, 5.41) is 26.8. The number of benzene rings is 7. The molecule has 10 aromatic rings. The number of para-hydroxylation sites is 3. The summed E-state index contributed by atoms with van der Waals surface area (Å²) >= 11 is 1.82. The van der Waals surface area contributed by atoms with Gasteiger partial charge >= 0.3 is 0 Å². The number of hydrogen-bond donors (Lipinski definition) is 0. The smallest absolute Gasteiger partial charge is 0.0991 e. The average molecular weight is 641 g/mol. The van der Waals surface area contributed by atoms with Crippen molar-refractivity contribution in [3.05, 3.63) is 157 Å². The van der Waals surface area contributed by atoms with E-state index < -0.39 is 0 Å². The summed E-state index contributed by atoms with van der Waals surface area (Å²) in [5.41, 5.74) is 9.89. The van der Waals surface area contributed by atoms with Crippen molar-refractivity contribution in [2.24, 2.45) is 0 Å². The highest BCUT2D eigenvalue weighted by molar-refractivity contribution is 7.27. The standard InChI is InChI=1S/C44H24N4S/c45-25-27-17-21-40-36(23-27)31-12-5-7-16-39(31)48(40)41-22-18-28(26-46)24-37(41)34-14-8-13-33-35-20-19-32-30-11-4-6-15-38(30)47(29-9-2-1-3-10-29)42(32)44(35)49-43(33)34/h1-24H. The highest BCUT2D eigenvalue weighted by Crippen LogP contribution is 2.47. The van der Waals surface area contributed by atoms with Gasteiger partial charge in [0.1, 0.15) is 0 Å². The van der Waals surface area contributed by atoms with Gasteiger partial charge in [-0.3, -0.25) is 0 Å². The van der Waals surface area contributed by atoms with Gasteiger partial charge in [-0.05, 0) is 60.7 Å². The molecule has 226 valence electrons. The second-order valence-electron chi connectivity index (χ2n) is 12.4. The van der Waals surface area contributed by atoms with Gasteiger partial charge in [0, 0.05) is 53.8 Å². The lowest BCUT2D eigenvalue weighted by atomic mass is 9.98. The molecule has 0 radical (unpaired) electrons. The van der Waals surface area contributed by atoms with Crippen molar-refractivity contribution >= 4 is 75.1 Å². The topological polar surface area (TPSA) is 57.4 Å². The molecule has 49 heavy (non-hydrogen) atoms. The SMILES string of the molecule is N#Cc1ccc(-n2c3ccccc3c3cc(C#N)ccc32)c(-c2cccc3c2sc2c3ccc3c4ccccc4n(-c4ccccc4)c32)c1. The molecule has 0 aliphatic heterocycles. The summed E-state index contributed by atoms with van der Waals surface area (Å²) in [6, 6.07) is 55.2. The molecule has 5 heteroatoms. The van der Waals surface area contributed by atoms with E-state index in [2.05, 4.69) is 130 Å². The molecule has 3 aromatic heterocycles. The van der Waals surface area contributed by atoms with Crippen LogP contribution in [0.3, 0.4) is 0 Å². The van der Waals surface area contributed by atoms with Crippen LogP contribution >= 0.6 is 11.3 Å². The van der Waals surface area contributed by atoms with Gasteiger partial charge in [-0.2, -0.15) is 10.5 Å². The van der Waals surface area contributed by atoms with E-state index in [0.717, 1.165) is 44.3 Å². The van der Waals surface area contributed by atoms with Crippen molar-refractivity contribution in [2.75, 3.05) is 0 Å². The van der Waals surface area contributed by atoms with Gasteiger partial charge in [0.2, 0.25) is 0 Å². The van der Waals surface area contributed by atoms with Crippen LogP contribution in [-0.4, -0.2) is 9.13 Å². The molecule has 0 amide bonds. The first-order valence-corrected chi connectivity index (χ1v) is 17.0. The maximum Gasteiger partial charge on any atom is 0.0991 e. The Morgan fingerprint density at radius 3 is 1.84 bits per heavy atom. The Labute approximate surface area is 285 Å². The van der Waals surface area contributed by atoms with E-state index >= 15 is 0 Å². The number of rotatable bonds is 3. The summed E-state index contributed by atoms with van der Waals surface area (Å²) in [5.74, 6) is 0. The Morgan fingerprint density at radius 1 is 0.429 bits per heavy atom. The largest absolute Gasteiger partial charge is 0.309 e. The van der Waals surface area contributed by atoms with E-state index in [1.54, 1.807) is 0 Å². The fraction of sp³-hybridized carbons (Fsp3) is 0. The van der Waals surface area contributed by atoms with Gasteiger partial charge in [0.15, 0.2) is 0 Å². The molecule has 0 saturated heterocycles. The van der Waals surface area contributed by atoms with Crippen LogP contribution < -0.4 is 0 Å². The van der Waals surface area contributed by atoms with Crippen molar-refractivity contribution in [2.45, 2.75) is 0 Å². The van der Waals surface area contributed by atoms with Gasteiger partial charge in [-0.15, -0.1) is 11.3 Å². The Bertz CT molecular complexity index is 3070. The zero-order chi connectivity index (χ0) is 32.6. The molecule has 0 spiro atoms. The fourth-order valence-corrected chi connectivity index (χ4v) is 9.05. The Balaban J connectivity index is 1.32. The Kier molecular flexibility index (Phi) is 5.84. The number of hydrogen-bond acceptors (Lipinski definition) is 3. The molecule has 0 fully saturated rings. The average Bonchev–Trinajstić information content (AvgIpc) is 3.82. The first kappa shape index (κ1) is 27.5. The summed E-state index contributed by atoms with van der Waals surface area (Å²) in [7, 11) is 0. The third-order valence-corrected chi connectivity index (χ3v) is 11.0. The van der Waals surface area contributed by atoms with E-state index in [9.17, 15) is 10.5 Å². The second kappa shape index (κ2) is 10.4. The van der Waals surface area contributed by atoms with E-state index in [-0.39, 0.29) is 0 Å². The predicted molar refractivity (Wildman–Crippen MR) is 203 cm³/mol. The predicted octanol–water partition coefficient (Wildman–Crippen LogP) is 11.7. The molecule has 0 atom stereocenters. The Morgan fingerprint density at radius 2 is 1.04 bits per heavy atom. The van der Waals surface area contributed by atoms with Gasteiger partial charge in [-0.25, -0.2) is 0 Å². The quantitative estimate of drug-likeness (QED) is 0.193. The molecule has 0 bridgehead atoms. The molecule has 10 rings (SSSR count). The van der Waals surface area contributed by atoms with Crippen LogP contribution in [0.15, 0.2) is 146 Å². The Hall–Kier alpha value is -6.66. The molecule has 0 aliphatic carbocycles. The van der Waals surface area contributed by atoms with Crippen LogP contribution in [0.4, 0.5) is 0 Å². The number of nitriles is 2. The maximum atomic E-state index is 10.1. The lowest BCUT2D eigenvalue weighted by Crippen LogP contribution is -1.98. The summed E-state index contributed by atoms with van der Waals surface area (Å²) in [4.78, 5) is 0. The minimum Gasteiger partial charge on any atom is -0.309 e. The van der Waals surface area contributed by atoms with E-state index in [1.165, 1.54) is 42.0 Å². The third kappa shape index (κ3) is 3.88. The summed E-state index contributed by atoms with van der Waals surface area (Å²) in [6.45, 7) is 0. The first-order chi connectivity index (χ1) is 24.2. The molecule has 0 unspecified atom stereocenters. The minimum absolute atomic E-state index is 0.607. The van der Waals surface area contributed by atoms with Crippen molar-refractivity contribution in [1.82, 2.24) is 9.13 Å². The number of nitrogens with zero attached hydrogens (tertiary/aromatic N) is 4. The number of fused-ring (bicyclic) bond motifs is 10. The lowest BCUT2D eigenvalue weighted by Gasteiger charge is -2.15. The fourth-order valence-electron chi connectivity index (χ4n) is 7.68. The normalized spacial score (nSPS) is 11.6. The molecule has 7 aromatic carbocycles. The van der Waals surface area contributed by atoms with Crippen LogP contribution in [0.1, 0.15) is 11.1 Å². The van der Waals surface area contributed by atoms with Gasteiger partial charge in [0.05, 0.1) is 55.7 Å². The summed E-state index contributed by atoms with van der Waals surface area (Å²) < 4.78 is 7.09. The highest BCUT2D eigenvalue weighted by atomic mass is 32.1. The van der Waals surface area contributed by atoms with E-state index in [4.69, 9.17) is 0 Å². The van der Waals surface area contributed by atoms with Crippen molar-refractivity contribution in [3.63, 3.8) is 0 Å². The molecule has 0 saturated carbocycles. The molecule has 0 N–H and O–H groups in total. The van der Waals surface area contributed by atoms with Gasteiger partial charge in [0.25, 0.3) is 0 Å². The molecular formula is C44H24N4S. The molecule has 0 aliphatic rings. The molecular weight excluding hydrogens is 617 g/mol. The first-order valence-electron chi connectivity index (χ1n) is 16.1. The number of thiophene rings is 1. The van der Waals surface area contributed by atoms with Crippen molar-refractivity contribution in [1.29, 1.82) is 10.5 Å². The van der Waals surface area contributed by atoms with Gasteiger partial charge in [-0.1, -0.05) is 84.9 Å². The number of aromatic nitrogens is 2. The minimum atomic E-state index is 0.607. The monoisotopic (exact) mass is 640 g/mol.